The van der Waals surface area contributed by atoms with Crippen molar-refractivity contribution in [2.45, 2.75) is 52.0 Å². The van der Waals surface area contributed by atoms with Crippen molar-refractivity contribution >= 4 is 29.3 Å². The molecule has 5 heteroatoms. The number of nitrogens with two attached hydrogens (primary N) is 1. The normalized spacial score (nSPS) is 14.5. The zero-order chi connectivity index (χ0) is 16.4. The summed E-state index contributed by atoms with van der Waals surface area (Å²) in [5, 5.41) is 4.13. The third-order valence-corrected chi connectivity index (χ3v) is 4.62. The van der Waals surface area contributed by atoms with Crippen molar-refractivity contribution in [3.8, 4) is 0 Å². The summed E-state index contributed by atoms with van der Waals surface area (Å²) < 4.78 is 5.67. The van der Waals surface area contributed by atoms with Gasteiger partial charge in [0.2, 0.25) is 5.91 Å². The summed E-state index contributed by atoms with van der Waals surface area (Å²) in [6.45, 7) is 4.75. The van der Waals surface area contributed by atoms with Crippen LogP contribution in [0.15, 0.2) is 22.8 Å². The van der Waals surface area contributed by atoms with Gasteiger partial charge in [-0.3, -0.25) is 4.79 Å². The number of hydrogen-bond acceptors (Lipinski definition) is 3. The molecule has 0 radical (unpaired) electrons. The molecule has 0 spiro atoms. The second-order valence-electron chi connectivity index (χ2n) is 7.04. The van der Waals surface area contributed by atoms with Crippen molar-refractivity contribution in [1.29, 1.82) is 0 Å². The molecule has 0 saturated heterocycles. The first kappa shape index (κ1) is 18.8. The Labute approximate surface area is 149 Å². The molecule has 1 atom stereocenters. The van der Waals surface area contributed by atoms with Crippen molar-refractivity contribution in [1.82, 2.24) is 5.32 Å². The van der Waals surface area contributed by atoms with E-state index < -0.39 is 0 Å². The molecule has 1 aromatic heterocycles. The number of benzene rings is 1. The predicted octanol–water partition coefficient (Wildman–Crippen LogP) is 3.38. The lowest BCUT2D eigenvalue weighted by molar-refractivity contribution is -0.121. The van der Waals surface area contributed by atoms with Gasteiger partial charge >= 0.3 is 0 Å². The maximum atomic E-state index is 12.3. The molecule has 4 nitrogen and oxygen atoms in total. The number of halogens is 1. The minimum atomic E-state index is 0. The fraction of sp³-hybridized carbons (Fsp3) is 0.526. The number of aryl methyl sites for hydroxylation is 2. The first-order valence-electron chi connectivity index (χ1n) is 8.58. The Kier molecular flexibility index (Phi) is 6.30. The number of rotatable bonds is 6. The van der Waals surface area contributed by atoms with E-state index in [2.05, 4.69) is 31.3 Å². The molecule has 132 valence electrons. The van der Waals surface area contributed by atoms with Gasteiger partial charge in [-0.15, -0.1) is 12.4 Å². The SMILES string of the molecule is CC(C)CC(CN)NC(=O)Cc1coc2cc3c(cc12)CCC3.Cl. The maximum absolute atomic E-state index is 12.3. The smallest absolute Gasteiger partial charge is 0.224 e. The van der Waals surface area contributed by atoms with Crippen LogP contribution in [0.5, 0.6) is 0 Å². The molecular weight excluding hydrogens is 324 g/mol. The zero-order valence-electron chi connectivity index (χ0n) is 14.4. The molecule has 3 N–H and O–H groups in total. The lowest BCUT2D eigenvalue weighted by Crippen LogP contribution is -2.41. The lowest BCUT2D eigenvalue weighted by Gasteiger charge is -2.18. The molecule has 0 aliphatic heterocycles. The van der Waals surface area contributed by atoms with Gasteiger partial charge in [-0.25, -0.2) is 0 Å². The third-order valence-electron chi connectivity index (χ3n) is 4.62. The van der Waals surface area contributed by atoms with Crippen LogP contribution in [0.3, 0.4) is 0 Å². The van der Waals surface area contributed by atoms with Gasteiger partial charge in [0.05, 0.1) is 12.7 Å². The van der Waals surface area contributed by atoms with Crippen LogP contribution in [0.4, 0.5) is 0 Å². The van der Waals surface area contributed by atoms with Crippen LogP contribution < -0.4 is 11.1 Å². The van der Waals surface area contributed by atoms with Gasteiger partial charge in [0.15, 0.2) is 0 Å². The van der Waals surface area contributed by atoms with Crippen LogP contribution in [0.1, 0.15) is 43.4 Å². The monoisotopic (exact) mass is 350 g/mol. The molecule has 24 heavy (non-hydrogen) atoms. The van der Waals surface area contributed by atoms with E-state index in [4.69, 9.17) is 10.2 Å². The Morgan fingerprint density at radius 2 is 2.00 bits per heavy atom. The summed E-state index contributed by atoms with van der Waals surface area (Å²) in [5.41, 5.74) is 10.4. The Morgan fingerprint density at radius 1 is 1.29 bits per heavy atom. The van der Waals surface area contributed by atoms with E-state index in [0.717, 1.165) is 35.8 Å². The van der Waals surface area contributed by atoms with Crippen LogP contribution >= 0.6 is 12.4 Å². The van der Waals surface area contributed by atoms with E-state index in [0.29, 0.717) is 18.9 Å². The van der Waals surface area contributed by atoms with E-state index in [1.807, 2.05) is 0 Å². The Morgan fingerprint density at radius 3 is 2.67 bits per heavy atom. The molecule has 1 unspecified atom stereocenters. The average Bonchev–Trinajstić information content (AvgIpc) is 3.10. The fourth-order valence-electron chi connectivity index (χ4n) is 3.52. The molecule has 1 amide bonds. The highest BCUT2D eigenvalue weighted by Crippen LogP contribution is 2.30. The minimum Gasteiger partial charge on any atom is -0.464 e. The number of fused-ring (bicyclic) bond motifs is 2. The number of nitrogens with one attached hydrogen (secondary N) is 1. The van der Waals surface area contributed by atoms with E-state index in [1.165, 1.54) is 17.5 Å². The largest absolute Gasteiger partial charge is 0.464 e. The van der Waals surface area contributed by atoms with Gasteiger partial charge in [0.25, 0.3) is 0 Å². The number of amides is 1. The summed E-state index contributed by atoms with van der Waals surface area (Å²) >= 11 is 0. The second-order valence-corrected chi connectivity index (χ2v) is 7.04. The van der Waals surface area contributed by atoms with Crippen LogP contribution in [0, 0.1) is 5.92 Å². The van der Waals surface area contributed by atoms with Crippen LogP contribution in [0.2, 0.25) is 0 Å². The number of carbonyl (C=O) groups excluding carboxylic acids is 1. The number of carbonyl (C=O) groups is 1. The Balaban J connectivity index is 0.00000208. The second kappa shape index (κ2) is 8.04. The molecule has 0 saturated carbocycles. The van der Waals surface area contributed by atoms with Crippen molar-refractivity contribution in [3.63, 3.8) is 0 Å². The molecule has 3 rings (SSSR count). The van der Waals surface area contributed by atoms with E-state index >= 15 is 0 Å². The fourth-order valence-corrected chi connectivity index (χ4v) is 3.52. The average molecular weight is 351 g/mol. The summed E-state index contributed by atoms with van der Waals surface area (Å²) in [7, 11) is 0. The Hall–Kier alpha value is -1.52. The predicted molar refractivity (Wildman–Crippen MR) is 99.6 cm³/mol. The van der Waals surface area contributed by atoms with E-state index in [9.17, 15) is 4.79 Å². The standard InChI is InChI=1S/C19H26N2O2.ClH/c1-12(2)6-16(10-20)21-19(22)9-15-11-23-18-8-14-5-3-4-13(14)7-17(15)18;/h7-8,11-12,16H,3-6,9-10,20H2,1-2H3,(H,21,22);1H. The highest BCUT2D eigenvalue weighted by atomic mass is 35.5. The lowest BCUT2D eigenvalue weighted by atomic mass is 10.0. The molecule has 1 aromatic carbocycles. The number of hydrogen-bond donors (Lipinski definition) is 2. The minimum absolute atomic E-state index is 0. The quantitative estimate of drug-likeness (QED) is 0.839. The first-order valence-corrected chi connectivity index (χ1v) is 8.58. The van der Waals surface area contributed by atoms with Crippen molar-refractivity contribution in [3.05, 3.63) is 35.1 Å². The van der Waals surface area contributed by atoms with Crippen LogP contribution in [-0.4, -0.2) is 18.5 Å². The Bertz CT molecular complexity index is 709. The summed E-state index contributed by atoms with van der Waals surface area (Å²) in [6, 6.07) is 4.39. The number of furan rings is 1. The zero-order valence-corrected chi connectivity index (χ0v) is 15.2. The molecule has 1 aliphatic carbocycles. The summed E-state index contributed by atoms with van der Waals surface area (Å²) in [5.74, 6) is 0.533. The topological polar surface area (TPSA) is 68.3 Å². The van der Waals surface area contributed by atoms with Gasteiger partial charge in [0, 0.05) is 23.5 Å². The molecule has 0 fully saturated rings. The molecule has 1 aliphatic rings. The maximum Gasteiger partial charge on any atom is 0.224 e. The van der Waals surface area contributed by atoms with Gasteiger partial charge in [-0.1, -0.05) is 13.8 Å². The molecule has 0 bridgehead atoms. The molecular formula is C19H27ClN2O2. The van der Waals surface area contributed by atoms with Gasteiger partial charge in [-0.05, 0) is 54.9 Å². The molecule has 1 heterocycles. The van der Waals surface area contributed by atoms with Gasteiger partial charge in [-0.2, -0.15) is 0 Å². The highest BCUT2D eigenvalue weighted by Gasteiger charge is 2.18. The van der Waals surface area contributed by atoms with Crippen molar-refractivity contribution in [2.75, 3.05) is 6.54 Å². The van der Waals surface area contributed by atoms with E-state index in [1.54, 1.807) is 6.26 Å². The highest BCUT2D eigenvalue weighted by molar-refractivity contribution is 5.88. The van der Waals surface area contributed by atoms with Gasteiger partial charge < -0.3 is 15.5 Å². The summed E-state index contributed by atoms with van der Waals surface area (Å²) in [4.78, 5) is 12.3. The van der Waals surface area contributed by atoms with Crippen LogP contribution in [-0.2, 0) is 24.1 Å². The molecule has 2 aromatic rings. The van der Waals surface area contributed by atoms with E-state index in [-0.39, 0.29) is 24.4 Å². The summed E-state index contributed by atoms with van der Waals surface area (Å²) in [6.07, 6.45) is 6.45. The third kappa shape index (κ3) is 4.11. The van der Waals surface area contributed by atoms with Crippen molar-refractivity contribution < 1.29 is 9.21 Å². The van der Waals surface area contributed by atoms with Gasteiger partial charge in [0.1, 0.15) is 5.58 Å². The van der Waals surface area contributed by atoms with Crippen LogP contribution in [0.25, 0.3) is 11.0 Å². The van der Waals surface area contributed by atoms with Crippen molar-refractivity contribution in [2.24, 2.45) is 11.7 Å². The first-order chi connectivity index (χ1) is 11.1.